The van der Waals surface area contributed by atoms with Gasteiger partial charge in [0.2, 0.25) is 0 Å². The van der Waals surface area contributed by atoms with Crippen LogP contribution in [0.4, 0.5) is 0 Å². The second-order valence-corrected chi connectivity index (χ2v) is 6.68. The Balaban J connectivity index is 1.94. The van der Waals surface area contributed by atoms with Crippen molar-refractivity contribution >= 4 is 0 Å². The van der Waals surface area contributed by atoms with Crippen molar-refractivity contribution in [2.45, 2.75) is 65.5 Å². The molecule has 0 amide bonds. The molecule has 102 valence electrons. The number of hydrogen-bond donors (Lipinski definition) is 1. The molecule has 0 unspecified atom stereocenters. The summed E-state index contributed by atoms with van der Waals surface area (Å²) in [5, 5.41) is 7.94. The van der Waals surface area contributed by atoms with E-state index in [1.54, 1.807) is 6.33 Å². The van der Waals surface area contributed by atoms with Gasteiger partial charge < -0.3 is 5.32 Å². The van der Waals surface area contributed by atoms with Crippen molar-refractivity contribution in [3.05, 3.63) is 12.2 Å². The molecule has 0 saturated heterocycles. The number of aryl methyl sites for hydroxylation is 1. The molecule has 1 fully saturated rings. The van der Waals surface area contributed by atoms with E-state index < -0.39 is 0 Å². The van der Waals surface area contributed by atoms with Crippen molar-refractivity contribution in [2.24, 2.45) is 5.41 Å². The zero-order valence-corrected chi connectivity index (χ0v) is 12.2. The van der Waals surface area contributed by atoms with Crippen LogP contribution in [-0.2, 0) is 13.0 Å². The van der Waals surface area contributed by atoms with Crippen LogP contribution in [0.15, 0.2) is 6.33 Å². The van der Waals surface area contributed by atoms with Crippen LogP contribution < -0.4 is 5.32 Å². The Kier molecular flexibility index (Phi) is 3.76. The molecule has 0 aromatic carbocycles. The Bertz CT molecular complexity index is 385. The Morgan fingerprint density at radius 3 is 2.67 bits per heavy atom. The van der Waals surface area contributed by atoms with Gasteiger partial charge in [-0.2, -0.15) is 5.10 Å². The average molecular weight is 250 g/mol. The molecule has 1 heterocycles. The SMILES string of the molecule is CCCn1ncnc1CC1(CNC(C)(C)C)CC1. The van der Waals surface area contributed by atoms with Gasteiger partial charge >= 0.3 is 0 Å². The molecule has 2 rings (SSSR count). The highest BCUT2D eigenvalue weighted by Gasteiger charge is 2.43. The second kappa shape index (κ2) is 5.00. The van der Waals surface area contributed by atoms with Gasteiger partial charge in [0.05, 0.1) is 0 Å². The summed E-state index contributed by atoms with van der Waals surface area (Å²) in [6.45, 7) is 10.9. The van der Waals surface area contributed by atoms with Crippen LogP contribution in [0.5, 0.6) is 0 Å². The van der Waals surface area contributed by atoms with Crippen molar-refractivity contribution in [3.8, 4) is 0 Å². The van der Waals surface area contributed by atoms with Crippen LogP contribution in [0.3, 0.4) is 0 Å². The molecule has 1 aromatic heterocycles. The fourth-order valence-corrected chi connectivity index (χ4v) is 2.20. The van der Waals surface area contributed by atoms with Gasteiger partial charge in [0.1, 0.15) is 12.2 Å². The van der Waals surface area contributed by atoms with Crippen molar-refractivity contribution in [3.63, 3.8) is 0 Å². The summed E-state index contributed by atoms with van der Waals surface area (Å²) in [4.78, 5) is 4.43. The van der Waals surface area contributed by atoms with Gasteiger partial charge in [-0.25, -0.2) is 4.98 Å². The summed E-state index contributed by atoms with van der Waals surface area (Å²) in [6, 6.07) is 0. The molecule has 4 heteroatoms. The Morgan fingerprint density at radius 2 is 2.11 bits per heavy atom. The minimum Gasteiger partial charge on any atom is -0.312 e. The van der Waals surface area contributed by atoms with Gasteiger partial charge in [0, 0.05) is 25.0 Å². The maximum absolute atomic E-state index is 4.43. The Labute approximate surface area is 110 Å². The van der Waals surface area contributed by atoms with E-state index in [1.165, 1.54) is 12.8 Å². The van der Waals surface area contributed by atoms with E-state index in [1.807, 2.05) is 0 Å². The Hall–Kier alpha value is -0.900. The molecule has 1 aliphatic carbocycles. The standard InChI is InChI=1S/C14H26N4/c1-5-8-18-12(15-11-17-18)9-14(6-7-14)10-16-13(2,3)4/h11,16H,5-10H2,1-4H3. The van der Waals surface area contributed by atoms with Crippen molar-refractivity contribution in [1.29, 1.82) is 0 Å². The number of aromatic nitrogens is 3. The van der Waals surface area contributed by atoms with E-state index in [0.29, 0.717) is 5.41 Å². The number of nitrogens with one attached hydrogen (secondary N) is 1. The lowest BCUT2D eigenvalue weighted by atomic mass is 9.99. The van der Waals surface area contributed by atoms with Gasteiger partial charge in [-0.05, 0) is 45.4 Å². The molecule has 0 bridgehead atoms. The zero-order valence-electron chi connectivity index (χ0n) is 12.2. The second-order valence-electron chi connectivity index (χ2n) is 6.68. The molecule has 0 atom stereocenters. The van der Waals surface area contributed by atoms with Crippen LogP contribution in [0.25, 0.3) is 0 Å². The molecule has 0 spiro atoms. The predicted octanol–water partition coefficient (Wildman–Crippen LogP) is 2.40. The highest BCUT2D eigenvalue weighted by molar-refractivity contribution is 5.04. The lowest BCUT2D eigenvalue weighted by Crippen LogP contribution is -2.40. The normalized spacial score (nSPS) is 18.0. The fourth-order valence-electron chi connectivity index (χ4n) is 2.20. The van der Waals surface area contributed by atoms with Crippen LogP contribution in [-0.4, -0.2) is 26.8 Å². The zero-order chi connectivity index (χ0) is 13.2. The smallest absolute Gasteiger partial charge is 0.138 e. The maximum atomic E-state index is 4.43. The molecule has 1 N–H and O–H groups in total. The van der Waals surface area contributed by atoms with E-state index in [0.717, 1.165) is 31.8 Å². The minimum absolute atomic E-state index is 0.201. The number of hydrogen-bond acceptors (Lipinski definition) is 3. The predicted molar refractivity (Wildman–Crippen MR) is 73.4 cm³/mol. The highest BCUT2D eigenvalue weighted by atomic mass is 15.3. The molecule has 18 heavy (non-hydrogen) atoms. The molecule has 0 aliphatic heterocycles. The van der Waals surface area contributed by atoms with E-state index in [4.69, 9.17) is 0 Å². The van der Waals surface area contributed by atoms with Crippen LogP contribution in [0.2, 0.25) is 0 Å². The molecular weight excluding hydrogens is 224 g/mol. The van der Waals surface area contributed by atoms with Crippen LogP contribution in [0, 0.1) is 5.41 Å². The molecule has 1 aliphatic rings. The topological polar surface area (TPSA) is 42.7 Å². The molecular formula is C14H26N4. The monoisotopic (exact) mass is 250 g/mol. The lowest BCUT2D eigenvalue weighted by molar-refractivity contribution is 0.348. The fraction of sp³-hybridized carbons (Fsp3) is 0.857. The molecule has 1 saturated carbocycles. The van der Waals surface area contributed by atoms with Gasteiger partial charge in [0.15, 0.2) is 0 Å². The summed E-state index contributed by atoms with van der Waals surface area (Å²) in [6.07, 6.45) is 6.50. The third-order valence-electron chi connectivity index (χ3n) is 3.62. The van der Waals surface area contributed by atoms with Gasteiger partial charge in [0.25, 0.3) is 0 Å². The molecule has 4 nitrogen and oxygen atoms in total. The minimum atomic E-state index is 0.201. The summed E-state index contributed by atoms with van der Waals surface area (Å²) in [7, 11) is 0. The third kappa shape index (κ3) is 3.55. The maximum Gasteiger partial charge on any atom is 0.138 e. The highest BCUT2D eigenvalue weighted by Crippen LogP contribution is 2.47. The molecule has 0 radical (unpaired) electrons. The average Bonchev–Trinajstić information content (AvgIpc) is 2.91. The molecule has 1 aromatic rings. The Morgan fingerprint density at radius 1 is 1.39 bits per heavy atom. The van der Waals surface area contributed by atoms with Crippen LogP contribution >= 0.6 is 0 Å². The quantitative estimate of drug-likeness (QED) is 0.843. The van der Waals surface area contributed by atoms with E-state index >= 15 is 0 Å². The first-order chi connectivity index (χ1) is 8.44. The van der Waals surface area contributed by atoms with Crippen molar-refractivity contribution < 1.29 is 0 Å². The van der Waals surface area contributed by atoms with Crippen LogP contribution in [0.1, 0.15) is 52.8 Å². The van der Waals surface area contributed by atoms with Gasteiger partial charge in [-0.3, -0.25) is 4.68 Å². The van der Waals surface area contributed by atoms with Gasteiger partial charge in [-0.15, -0.1) is 0 Å². The first kappa shape index (κ1) is 13.5. The third-order valence-corrected chi connectivity index (χ3v) is 3.62. The number of rotatable bonds is 6. The van der Waals surface area contributed by atoms with Gasteiger partial charge in [-0.1, -0.05) is 6.92 Å². The van der Waals surface area contributed by atoms with Crippen molar-refractivity contribution in [2.75, 3.05) is 6.54 Å². The largest absolute Gasteiger partial charge is 0.312 e. The summed E-state index contributed by atoms with van der Waals surface area (Å²) in [5.41, 5.74) is 0.637. The van der Waals surface area contributed by atoms with E-state index in [2.05, 4.69) is 47.8 Å². The van der Waals surface area contributed by atoms with Crippen molar-refractivity contribution in [1.82, 2.24) is 20.1 Å². The summed E-state index contributed by atoms with van der Waals surface area (Å²) in [5.74, 6) is 1.16. The first-order valence-corrected chi connectivity index (χ1v) is 7.06. The van der Waals surface area contributed by atoms with E-state index in [-0.39, 0.29) is 5.54 Å². The summed E-state index contributed by atoms with van der Waals surface area (Å²) < 4.78 is 2.07. The first-order valence-electron chi connectivity index (χ1n) is 7.06. The van der Waals surface area contributed by atoms with E-state index in [9.17, 15) is 0 Å². The number of nitrogens with zero attached hydrogens (tertiary/aromatic N) is 3. The lowest BCUT2D eigenvalue weighted by Gasteiger charge is -2.25. The summed E-state index contributed by atoms with van der Waals surface area (Å²) >= 11 is 0.